The van der Waals surface area contributed by atoms with Crippen LogP contribution in [0.5, 0.6) is 0 Å². The number of nitriles is 1. The van der Waals surface area contributed by atoms with Gasteiger partial charge >= 0.3 is 0 Å². The van der Waals surface area contributed by atoms with Crippen molar-refractivity contribution < 1.29 is 4.79 Å². The highest BCUT2D eigenvalue weighted by atomic mass is 32.1. The Morgan fingerprint density at radius 2 is 2.24 bits per heavy atom. The fraction of sp³-hybridized carbons (Fsp3) is 0.474. The van der Waals surface area contributed by atoms with E-state index in [2.05, 4.69) is 45.9 Å². The summed E-state index contributed by atoms with van der Waals surface area (Å²) < 4.78 is 1.30. The first-order chi connectivity index (χ1) is 12.2. The fourth-order valence-electron chi connectivity index (χ4n) is 3.90. The van der Waals surface area contributed by atoms with Gasteiger partial charge in [-0.15, -0.1) is 11.3 Å². The van der Waals surface area contributed by atoms with Gasteiger partial charge in [0.15, 0.2) is 0 Å². The molecule has 3 heterocycles. The van der Waals surface area contributed by atoms with E-state index in [9.17, 15) is 4.79 Å². The molecule has 2 fully saturated rings. The predicted octanol–water partition coefficient (Wildman–Crippen LogP) is 2.90. The van der Waals surface area contributed by atoms with Gasteiger partial charge < -0.3 is 10.2 Å². The summed E-state index contributed by atoms with van der Waals surface area (Å²) >= 11 is 1.76. The molecule has 4 rings (SSSR count). The molecule has 1 N–H and O–H groups in total. The summed E-state index contributed by atoms with van der Waals surface area (Å²) in [6.07, 6.45) is 2.80. The predicted molar refractivity (Wildman–Crippen MR) is 101 cm³/mol. The number of amides is 1. The molecule has 1 aromatic heterocycles. The van der Waals surface area contributed by atoms with Crippen LogP contribution in [0.4, 0.5) is 5.69 Å². The lowest BCUT2D eigenvalue weighted by Crippen LogP contribution is -2.42. The van der Waals surface area contributed by atoms with Crippen molar-refractivity contribution in [2.24, 2.45) is 0 Å². The number of hydrogen-bond donors (Lipinski definition) is 1. The highest BCUT2D eigenvalue weighted by Crippen LogP contribution is 2.30. The number of fused-ring (bicyclic) bond motifs is 1. The third-order valence-corrected chi connectivity index (χ3v) is 6.16. The molecule has 130 valence electrons. The maximum Gasteiger partial charge on any atom is 0.237 e. The Kier molecular flexibility index (Phi) is 4.60. The van der Waals surface area contributed by atoms with Crippen LogP contribution in [-0.4, -0.2) is 54.0 Å². The van der Waals surface area contributed by atoms with E-state index in [0.717, 1.165) is 38.9 Å². The van der Waals surface area contributed by atoms with Crippen molar-refractivity contribution >= 4 is 33.0 Å². The minimum absolute atomic E-state index is 0.102. The number of thiophene rings is 1. The molecule has 2 aliphatic heterocycles. The lowest BCUT2D eigenvalue weighted by Gasteiger charge is -2.23. The van der Waals surface area contributed by atoms with Crippen molar-refractivity contribution in [3.8, 4) is 6.07 Å². The molecule has 0 spiro atoms. The summed E-state index contributed by atoms with van der Waals surface area (Å²) in [5, 5.41) is 16.2. The van der Waals surface area contributed by atoms with Crippen LogP contribution in [-0.2, 0) is 4.79 Å². The average molecular weight is 354 g/mol. The van der Waals surface area contributed by atoms with E-state index in [1.54, 1.807) is 16.2 Å². The first-order valence-corrected chi connectivity index (χ1v) is 9.77. The SMILES string of the molecule is N#CC1CCCN1C(=O)CN1CC[C@H](Nc2cccc3ccsc23)C1. The third kappa shape index (κ3) is 3.35. The normalized spacial score (nSPS) is 23.9. The number of hydrogen-bond acceptors (Lipinski definition) is 5. The van der Waals surface area contributed by atoms with E-state index in [4.69, 9.17) is 5.26 Å². The number of carbonyl (C=O) groups excluding carboxylic acids is 1. The Balaban J connectivity index is 1.35. The van der Waals surface area contributed by atoms with Crippen LogP contribution >= 0.6 is 11.3 Å². The van der Waals surface area contributed by atoms with Crippen molar-refractivity contribution in [3.63, 3.8) is 0 Å². The summed E-state index contributed by atoms with van der Waals surface area (Å²) in [5.74, 6) is 0.102. The zero-order valence-electron chi connectivity index (χ0n) is 14.1. The van der Waals surface area contributed by atoms with E-state index in [-0.39, 0.29) is 11.9 Å². The number of carbonyl (C=O) groups is 1. The Hall–Kier alpha value is -2.10. The highest BCUT2D eigenvalue weighted by molar-refractivity contribution is 7.17. The van der Waals surface area contributed by atoms with Crippen LogP contribution in [0.3, 0.4) is 0 Å². The van der Waals surface area contributed by atoms with Gasteiger partial charge in [0, 0.05) is 25.7 Å². The Morgan fingerprint density at radius 3 is 3.12 bits per heavy atom. The molecule has 0 bridgehead atoms. The zero-order valence-corrected chi connectivity index (χ0v) is 15.0. The monoisotopic (exact) mass is 354 g/mol. The summed E-state index contributed by atoms with van der Waals surface area (Å²) in [6.45, 7) is 2.96. The Bertz CT molecular complexity index is 811. The van der Waals surface area contributed by atoms with Crippen LogP contribution in [0.1, 0.15) is 19.3 Å². The molecule has 1 unspecified atom stereocenters. The van der Waals surface area contributed by atoms with Gasteiger partial charge in [0.25, 0.3) is 0 Å². The van der Waals surface area contributed by atoms with E-state index in [1.165, 1.54) is 15.8 Å². The summed E-state index contributed by atoms with van der Waals surface area (Å²) in [6, 6.07) is 10.9. The van der Waals surface area contributed by atoms with E-state index >= 15 is 0 Å². The molecule has 25 heavy (non-hydrogen) atoms. The topological polar surface area (TPSA) is 59.4 Å². The number of nitrogens with zero attached hydrogens (tertiary/aromatic N) is 3. The average Bonchev–Trinajstić information content (AvgIpc) is 3.35. The zero-order chi connectivity index (χ0) is 17.2. The van der Waals surface area contributed by atoms with Gasteiger partial charge in [0.2, 0.25) is 5.91 Å². The van der Waals surface area contributed by atoms with Gasteiger partial charge in [0.05, 0.1) is 23.0 Å². The van der Waals surface area contributed by atoms with Crippen molar-refractivity contribution in [1.29, 1.82) is 5.26 Å². The number of anilines is 1. The van der Waals surface area contributed by atoms with Gasteiger partial charge in [-0.1, -0.05) is 12.1 Å². The molecule has 6 heteroatoms. The molecule has 2 saturated heterocycles. The number of benzene rings is 1. The number of likely N-dealkylation sites (tertiary alicyclic amines) is 2. The molecule has 2 aromatic rings. The Labute approximate surface area is 151 Å². The first-order valence-electron chi connectivity index (χ1n) is 8.89. The van der Waals surface area contributed by atoms with E-state index < -0.39 is 0 Å². The third-order valence-electron chi connectivity index (χ3n) is 5.19. The minimum atomic E-state index is -0.222. The number of nitrogens with one attached hydrogen (secondary N) is 1. The van der Waals surface area contributed by atoms with E-state index in [1.807, 2.05) is 0 Å². The van der Waals surface area contributed by atoms with Gasteiger partial charge in [-0.25, -0.2) is 0 Å². The summed E-state index contributed by atoms with van der Waals surface area (Å²) in [7, 11) is 0. The number of rotatable bonds is 4. The van der Waals surface area contributed by atoms with Crippen molar-refractivity contribution in [3.05, 3.63) is 29.6 Å². The van der Waals surface area contributed by atoms with Gasteiger partial charge in [0.1, 0.15) is 6.04 Å². The lowest BCUT2D eigenvalue weighted by atomic mass is 10.2. The quantitative estimate of drug-likeness (QED) is 0.917. The van der Waals surface area contributed by atoms with Crippen LogP contribution in [0, 0.1) is 11.3 Å². The largest absolute Gasteiger partial charge is 0.380 e. The maximum absolute atomic E-state index is 12.5. The second-order valence-corrected chi connectivity index (χ2v) is 7.80. The van der Waals surface area contributed by atoms with Crippen molar-refractivity contribution in [2.75, 3.05) is 31.5 Å². The molecule has 1 amide bonds. The van der Waals surface area contributed by atoms with Crippen LogP contribution in [0.15, 0.2) is 29.6 Å². The standard InChI is InChI=1S/C19H22N4OS/c20-11-16-4-2-8-23(16)18(24)13-22-9-6-15(12-22)21-17-5-1-3-14-7-10-25-19(14)17/h1,3,5,7,10,15-16,21H,2,4,6,8-9,12-13H2/t15-,16?/m0/s1. The summed E-state index contributed by atoms with van der Waals surface area (Å²) in [5.41, 5.74) is 1.19. The molecule has 5 nitrogen and oxygen atoms in total. The molecule has 0 saturated carbocycles. The molecule has 2 atom stereocenters. The second-order valence-electron chi connectivity index (χ2n) is 6.88. The molecule has 0 radical (unpaired) electrons. The smallest absolute Gasteiger partial charge is 0.237 e. The lowest BCUT2D eigenvalue weighted by molar-refractivity contribution is -0.132. The van der Waals surface area contributed by atoms with E-state index in [0.29, 0.717) is 12.6 Å². The van der Waals surface area contributed by atoms with Crippen LogP contribution < -0.4 is 5.32 Å². The Morgan fingerprint density at radius 1 is 1.32 bits per heavy atom. The van der Waals surface area contributed by atoms with Crippen LogP contribution in [0.2, 0.25) is 0 Å². The minimum Gasteiger partial charge on any atom is -0.380 e. The summed E-state index contributed by atoms with van der Waals surface area (Å²) in [4.78, 5) is 16.5. The highest BCUT2D eigenvalue weighted by Gasteiger charge is 2.31. The molecule has 1 aromatic carbocycles. The van der Waals surface area contributed by atoms with Crippen molar-refractivity contribution in [2.45, 2.75) is 31.3 Å². The van der Waals surface area contributed by atoms with Crippen molar-refractivity contribution in [1.82, 2.24) is 9.80 Å². The maximum atomic E-state index is 12.5. The molecule has 2 aliphatic rings. The second kappa shape index (κ2) is 7.03. The first kappa shape index (κ1) is 16.4. The molecular weight excluding hydrogens is 332 g/mol. The molecular formula is C19H22N4OS. The van der Waals surface area contributed by atoms with Gasteiger partial charge in [-0.05, 0) is 42.2 Å². The van der Waals surface area contributed by atoms with Gasteiger partial charge in [-0.3, -0.25) is 9.69 Å². The molecule has 0 aliphatic carbocycles. The van der Waals surface area contributed by atoms with Gasteiger partial charge in [-0.2, -0.15) is 5.26 Å². The fourth-order valence-corrected chi connectivity index (χ4v) is 4.78. The van der Waals surface area contributed by atoms with Crippen LogP contribution in [0.25, 0.3) is 10.1 Å².